The van der Waals surface area contributed by atoms with Gasteiger partial charge in [-0.05, 0) is 12.1 Å². The van der Waals surface area contributed by atoms with Crippen LogP contribution in [0, 0.1) is 0 Å². The summed E-state index contributed by atoms with van der Waals surface area (Å²) in [5, 5.41) is 0.956. The molecule has 0 bridgehead atoms. The van der Waals surface area contributed by atoms with Crippen molar-refractivity contribution in [3.63, 3.8) is 0 Å². The third-order valence-electron chi connectivity index (χ3n) is 2.04. The van der Waals surface area contributed by atoms with Gasteiger partial charge in [0.2, 0.25) is 0 Å². The maximum Gasteiger partial charge on any atom is 0.298 e. The molecule has 0 saturated carbocycles. The van der Waals surface area contributed by atoms with Crippen LogP contribution in [0.15, 0.2) is 30.5 Å². The summed E-state index contributed by atoms with van der Waals surface area (Å²) in [6, 6.07) is 7.77. The van der Waals surface area contributed by atoms with E-state index < -0.39 is 0 Å². The van der Waals surface area contributed by atoms with Gasteiger partial charge in [-0.15, -0.1) is 0 Å². The van der Waals surface area contributed by atoms with Crippen molar-refractivity contribution in [3.8, 4) is 5.75 Å². The maximum atomic E-state index is 10.2. The van der Waals surface area contributed by atoms with E-state index in [0.29, 0.717) is 12.2 Å². The number of para-hydroxylation sites is 1. The fourth-order valence-corrected chi connectivity index (χ4v) is 1.45. The first kappa shape index (κ1) is 7.86. The summed E-state index contributed by atoms with van der Waals surface area (Å²) in [5.74, 6) is 0.605. The van der Waals surface area contributed by atoms with Crippen molar-refractivity contribution < 1.29 is 9.53 Å². The van der Waals surface area contributed by atoms with Crippen molar-refractivity contribution in [1.82, 2.24) is 4.57 Å². The lowest BCUT2D eigenvalue weighted by molar-refractivity contribution is -0.120. The van der Waals surface area contributed by atoms with Crippen LogP contribution in [0.1, 0.15) is 0 Å². The molecule has 0 atom stereocenters. The minimum Gasteiger partial charge on any atom is -0.426 e. The molecular weight excluding hydrogens is 166 g/mol. The summed E-state index contributed by atoms with van der Waals surface area (Å²) in [5.41, 5.74) is 1.05. The standard InChI is InChI=1S/C10H9NO2/c1-11-6-10(13-7-12)8-4-2-3-5-9(8)11/h2-7H,1H3. The molecule has 3 heteroatoms. The predicted octanol–water partition coefficient (Wildman–Crippen LogP) is 1.71. The van der Waals surface area contributed by atoms with Crippen LogP contribution in [-0.4, -0.2) is 11.0 Å². The molecule has 66 valence electrons. The lowest BCUT2D eigenvalue weighted by Crippen LogP contribution is -1.86. The zero-order valence-electron chi connectivity index (χ0n) is 7.23. The monoisotopic (exact) mass is 175 g/mol. The van der Waals surface area contributed by atoms with Gasteiger partial charge in [0.15, 0.2) is 5.75 Å². The van der Waals surface area contributed by atoms with Crippen molar-refractivity contribution in [2.45, 2.75) is 0 Å². The quantitative estimate of drug-likeness (QED) is 0.650. The summed E-state index contributed by atoms with van der Waals surface area (Å²) in [6.07, 6.45) is 1.79. The van der Waals surface area contributed by atoms with E-state index in [-0.39, 0.29) is 0 Å². The molecule has 1 aromatic heterocycles. The van der Waals surface area contributed by atoms with E-state index in [2.05, 4.69) is 0 Å². The average Bonchev–Trinajstić information content (AvgIpc) is 2.46. The van der Waals surface area contributed by atoms with E-state index in [1.807, 2.05) is 35.9 Å². The van der Waals surface area contributed by atoms with Crippen LogP contribution in [-0.2, 0) is 11.8 Å². The van der Waals surface area contributed by atoms with Crippen LogP contribution in [0.5, 0.6) is 5.75 Å². The number of fused-ring (bicyclic) bond motifs is 1. The highest BCUT2D eigenvalue weighted by Gasteiger charge is 2.05. The Labute approximate surface area is 75.5 Å². The largest absolute Gasteiger partial charge is 0.426 e. The van der Waals surface area contributed by atoms with E-state index >= 15 is 0 Å². The van der Waals surface area contributed by atoms with Gasteiger partial charge in [-0.25, -0.2) is 0 Å². The fraction of sp³-hybridized carbons (Fsp3) is 0.100. The number of hydrogen-bond acceptors (Lipinski definition) is 2. The molecule has 1 heterocycles. The molecule has 0 aliphatic heterocycles. The molecule has 13 heavy (non-hydrogen) atoms. The Balaban J connectivity index is 2.70. The lowest BCUT2D eigenvalue weighted by Gasteiger charge is -1.93. The second-order valence-electron chi connectivity index (χ2n) is 2.84. The van der Waals surface area contributed by atoms with Gasteiger partial charge in [0.1, 0.15) is 0 Å². The third-order valence-corrected chi connectivity index (χ3v) is 2.04. The molecule has 3 nitrogen and oxygen atoms in total. The number of benzene rings is 1. The van der Waals surface area contributed by atoms with Gasteiger partial charge in [0.25, 0.3) is 6.47 Å². The highest BCUT2D eigenvalue weighted by molar-refractivity contribution is 5.87. The van der Waals surface area contributed by atoms with Crippen LogP contribution < -0.4 is 4.74 Å². The van der Waals surface area contributed by atoms with Gasteiger partial charge in [-0.3, -0.25) is 4.79 Å². The first-order valence-corrected chi connectivity index (χ1v) is 3.97. The van der Waals surface area contributed by atoms with E-state index in [1.165, 1.54) is 0 Å². The highest BCUT2D eigenvalue weighted by Crippen LogP contribution is 2.26. The van der Waals surface area contributed by atoms with Gasteiger partial charge in [-0.2, -0.15) is 0 Å². The fourth-order valence-electron chi connectivity index (χ4n) is 1.45. The summed E-state index contributed by atoms with van der Waals surface area (Å²) >= 11 is 0. The number of ether oxygens (including phenoxy) is 1. The molecule has 0 N–H and O–H groups in total. The molecule has 0 spiro atoms. The molecule has 0 saturated heterocycles. The van der Waals surface area contributed by atoms with E-state index in [9.17, 15) is 4.79 Å². The number of nitrogens with zero attached hydrogens (tertiary/aromatic N) is 1. The van der Waals surface area contributed by atoms with Gasteiger partial charge in [-0.1, -0.05) is 12.1 Å². The lowest BCUT2D eigenvalue weighted by atomic mass is 10.2. The second kappa shape index (κ2) is 2.94. The maximum absolute atomic E-state index is 10.2. The minimum absolute atomic E-state index is 0.446. The highest BCUT2D eigenvalue weighted by atomic mass is 16.5. The number of carbonyl (C=O) groups is 1. The van der Waals surface area contributed by atoms with Crippen LogP contribution in [0.2, 0.25) is 0 Å². The average molecular weight is 175 g/mol. The zero-order valence-corrected chi connectivity index (χ0v) is 7.23. The Kier molecular flexibility index (Phi) is 1.77. The molecule has 0 unspecified atom stereocenters. The topological polar surface area (TPSA) is 31.2 Å². The molecular formula is C10H9NO2. The number of rotatable bonds is 2. The smallest absolute Gasteiger partial charge is 0.298 e. The number of carbonyl (C=O) groups excluding carboxylic acids is 1. The minimum atomic E-state index is 0.446. The van der Waals surface area contributed by atoms with Crippen molar-refractivity contribution in [2.75, 3.05) is 0 Å². The van der Waals surface area contributed by atoms with Crippen LogP contribution in [0.25, 0.3) is 10.9 Å². The first-order chi connectivity index (χ1) is 6.33. The normalized spacial score (nSPS) is 10.2. The first-order valence-electron chi connectivity index (χ1n) is 3.97. The van der Waals surface area contributed by atoms with Gasteiger partial charge >= 0.3 is 0 Å². The molecule has 0 radical (unpaired) electrons. The third kappa shape index (κ3) is 1.18. The summed E-state index contributed by atoms with van der Waals surface area (Å²) < 4.78 is 6.76. The molecule has 2 rings (SSSR count). The SMILES string of the molecule is Cn1cc(OC=O)c2ccccc21. The second-order valence-corrected chi connectivity index (χ2v) is 2.84. The molecule has 0 aliphatic carbocycles. The van der Waals surface area contributed by atoms with E-state index in [0.717, 1.165) is 10.9 Å². The summed E-state index contributed by atoms with van der Waals surface area (Å²) in [6.45, 7) is 0.446. The van der Waals surface area contributed by atoms with Crippen LogP contribution in [0.3, 0.4) is 0 Å². The Morgan fingerprint density at radius 2 is 2.15 bits per heavy atom. The Morgan fingerprint density at radius 1 is 1.38 bits per heavy atom. The predicted molar refractivity (Wildman–Crippen MR) is 49.6 cm³/mol. The zero-order chi connectivity index (χ0) is 9.26. The molecule has 0 fully saturated rings. The van der Waals surface area contributed by atoms with Crippen molar-refractivity contribution in [1.29, 1.82) is 0 Å². The molecule has 0 aliphatic rings. The Bertz CT molecular complexity index is 445. The Morgan fingerprint density at radius 3 is 2.92 bits per heavy atom. The summed E-state index contributed by atoms with van der Waals surface area (Å²) in [4.78, 5) is 10.2. The number of hydrogen-bond donors (Lipinski definition) is 0. The van der Waals surface area contributed by atoms with Crippen molar-refractivity contribution >= 4 is 17.4 Å². The van der Waals surface area contributed by atoms with Gasteiger partial charge in [0.05, 0.1) is 5.52 Å². The van der Waals surface area contributed by atoms with Crippen molar-refractivity contribution in [3.05, 3.63) is 30.5 Å². The van der Waals surface area contributed by atoms with Crippen molar-refractivity contribution in [2.24, 2.45) is 7.05 Å². The van der Waals surface area contributed by atoms with Crippen LogP contribution >= 0.6 is 0 Å². The molecule has 2 aromatic rings. The van der Waals surface area contributed by atoms with Gasteiger partial charge in [0, 0.05) is 18.6 Å². The van der Waals surface area contributed by atoms with E-state index in [4.69, 9.17) is 4.74 Å². The van der Waals surface area contributed by atoms with E-state index in [1.54, 1.807) is 6.20 Å². The Hall–Kier alpha value is -1.77. The van der Waals surface area contributed by atoms with Crippen LogP contribution in [0.4, 0.5) is 0 Å². The molecule has 1 aromatic carbocycles. The molecule has 0 amide bonds. The summed E-state index contributed by atoms with van der Waals surface area (Å²) in [7, 11) is 1.92. The number of aryl methyl sites for hydroxylation is 1. The van der Waals surface area contributed by atoms with Gasteiger partial charge < -0.3 is 9.30 Å². The number of aromatic nitrogens is 1.